The van der Waals surface area contributed by atoms with Crippen LogP contribution in [0.15, 0.2) is 12.1 Å². The minimum Gasteiger partial charge on any atom is -0.369 e. The summed E-state index contributed by atoms with van der Waals surface area (Å²) >= 11 is 0. The number of nitrogens with two attached hydrogens (primary N) is 1. The molecule has 1 heterocycles. The number of aromatic nitrogens is 1. The minimum atomic E-state index is -4.60. The van der Waals surface area contributed by atoms with E-state index in [9.17, 15) is 18.0 Å². The van der Waals surface area contributed by atoms with E-state index < -0.39 is 23.2 Å². The number of nitrogens with zero attached hydrogens (tertiary/aromatic N) is 2. The van der Waals surface area contributed by atoms with Crippen molar-refractivity contribution in [3.05, 3.63) is 23.4 Å². The van der Waals surface area contributed by atoms with Crippen molar-refractivity contribution in [3.63, 3.8) is 0 Å². The molecule has 0 bridgehead atoms. The Labute approximate surface area is 125 Å². The van der Waals surface area contributed by atoms with E-state index in [1.165, 1.54) is 0 Å². The number of nitriles is 1. The van der Waals surface area contributed by atoms with Gasteiger partial charge in [0.15, 0.2) is 0 Å². The van der Waals surface area contributed by atoms with Crippen LogP contribution in [0, 0.1) is 16.7 Å². The number of nitrogens with one attached hydrogen (secondary N) is 1. The first-order valence-electron chi connectivity index (χ1n) is 6.81. The number of anilines is 1. The van der Waals surface area contributed by atoms with Crippen LogP contribution in [0.1, 0.15) is 36.9 Å². The quantitative estimate of drug-likeness (QED) is 0.893. The Balaban J connectivity index is 2.25. The smallest absolute Gasteiger partial charge is 0.369 e. The molecule has 1 aliphatic carbocycles. The number of rotatable bonds is 4. The van der Waals surface area contributed by atoms with Crippen LogP contribution >= 0.6 is 0 Å². The molecule has 3 N–H and O–H groups in total. The molecule has 0 saturated heterocycles. The number of hydrogen-bond donors (Lipinski definition) is 2. The molecule has 0 radical (unpaired) electrons. The monoisotopic (exact) mass is 312 g/mol. The highest BCUT2D eigenvalue weighted by atomic mass is 19.4. The summed E-state index contributed by atoms with van der Waals surface area (Å²) in [7, 11) is 0. The predicted molar refractivity (Wildman–Crippen MR) is 72.5 cm³/mol. The van der Waals surface area contributed by atoms with E-state index in [0.717, 1.165) is 25.0 Å². The lowest BCUT2D eigenvalue weighted by Crippen LogP contribution is -2.40. The lowest BCUT2D eigenvalue weighted by atomic mass is 9.85. The Morgan fingerprint density at radius 3 is 2.55 bits per heavy atom. The third-order valence-electron chi connectivity index (χ3n) is 3.98. The van der Waals surface area contributed by atoms with Gasteiger partial charge in [-0.3, -0.25) is 4.79 Å². The fourth-order valence-corrected chi connectivity index (χ4v) is 2.66. The van der Waals surface area contributed by atoms with E-state index >= 15 is 0 Å². The number of carbonyl (C=O) groups is 1. The number of pyridine rings is 1. The van der Waals surface area contributed by atoms with Gasteiger partial charge < -0.3 is 11.1 Å². The molecule has 0 aromatic carbocycles. The average Bonchev–Trinajstić information content (AvgIpc) is 2.94. The van der Waals surface area contributed by atoms with Crippen molar-refractivity contribution in [2.75, 3.05) is 11.9 Å². The number of halogens is 3. The van der Waals surface area contributed by atoms with Crippen LogP contribution in [0.2, 0.25) is 0 Å². The zero-order valence-corrected chi connectivity index (χ0v) is 11.7. The molecule has 0 aliphatic heterocycles. The highest BCUT2D eigenvalue weighted by Crippen LogP contribution is 2.38. The summed E-state index contributed by atoms with van der Waals surface area (Å²) in [6.45, 7) is 0.0747. The minimum absolute atomic E-state index is 0.00869. The van der Waals surface area contributed by atoms with Crippen LogP contribution in [0.5, 0.6) is 0 Å². The second-order valence-electron chi connectivity index (χ2n) is 5.41. The van der Waals surface area contributed by atoms with Crippen LogP contribution in [0.3, 0.4) is 0 Å². The number of primary amides is 1. The van der Waals surface area contributed by atoms with Gasteiger partial charge >= 0.3 is 6.18 Å². The predicted octanol–water partition coefficient (Wildman–Crippen LogP) is 2.43. The van der Waals surface area contributed by atoms with Crippen LogP contribution < -0.4 is 11.1 Å². The fourth-order valence-electron chi connectivity index (χ4n) is 2.66. The zero-order chi connectivity index (χ0) is 16.4. The molecule has 0 unspecified atom stereocenters. The normalized spacial score (nSPS) is 17.0. The third-order valence-corrected chi connectivity index (χ3v) is 3.98. The number of hydrogen-bond acceptors (Lipinski definition) is 4. The Bertz CT molecular complexity index is 615. The molecule has 1 aliphatic rings. The highest BCUT2D eigenvalue weighted by Gasteiger charge is 2.40. The summed E-state index contributed by atoms with van der Waals surface area (Å²) in [5.74, 6) is -0.659. The molecular formula is C14H15F3N4O. The molecule has 1 aromatic rings. The van der Waals surface area contributed by atoms with Crippen molar-refractivity contribution in [3.8, 4) is 6.07 Å². The molecule has 118 valence electrons. The molecule has 1 aromatic heterocycles. The maximum Gasteiger partial charge on any atom is 0.433 e. The molecule has 22 heavy (non-hydrogen) atoms. The summed E-state index contributed by atoms with van der Waals surface area (Å²) in [6.07, 6.45) is -1.76. The Morgan fingerprint density at radius 1 is 1.41 bits per heavy atom. The van der Waals surface area contributed by atoms with Gasteiger partial charge in [-0.2, -0.15) is 18.4 Å². The van der Waals surface area contributed by atoms with Crippen molar-refractivity contribution >= 4 is 11.7 Å². The molecule has 0 spiro atoms. The van der Waals surface area contributed by atoms with Gasteiger partial charge in [-0.25, -0.2) is 4.98 Å². The van der Waals surface area contributed by atoms with Gasteiger partial charge in [-0.15, -0.1) is 0 Å². The fraction of sp³-hybridized carbons (Fsp3) is 0.500. The summed E-state index contributed by atoms with van der Waals surface area (Å²) in [4.78, 5) is 15.1. The molecule has 0 atom stereocenters. The molecular weight excluding hydrogens is 297 g/mol. The first-order valence-corrected chi connectivity index (χ1v) is 6.81. The summed E-state index contributed by atoms with van der Waals surface area (Å²) in [5, 5.41) is 11.7. The molecule has 8 heteroatoms. The molecule has 1 fully saturated rings. The van der Waals surface area contributed by atoms with Crippen molar-refractivity contribution in [2.24, 2.45) is 11.1 Å². The van der Waals surface area contributed by atoms with E-state index in [2.05, 4.69) is 10.3 Å². The second kappa shape index (κ2) is 5.83. The lowest BCUT2D eigenvalue weighted by Gasteiger charge is -2.25. The third kappa shape index (κ3) is 3.13. The lowest BCUT2D eigenvalue weighted by molar-refractivity contribution is -0.141. The molecule has 2 rings (SSSR count). The summed E-state index contributed by atoms with van der Waals surface area (Å²) in [5.41, 5.74) is 3.54. The van der Waals surface area contributed by atoms with E-state index in [4.69, 9.17) is 11.0 Å². The van der Waals surface area contributed by atoms with Gasteiger partial charge in [0.25, 0.3) is 0 Å². The molecule has 5 nitrogen and oxygen atoms in total. The van der Waals surface area contributed by atoms with Crippen molar-refractivity contribution in [1.82, 2.24) is 4.98 Å². The maximum absolute atomic E-state index is 12.7. The number of carbonyl (C=O) groups excluding carboxylic acids is 1. The Hall–Kier alpha value is -2.30. The van der Waals surface area contributed by atoms with Gasteiger partial charge in [0.05, 0.1) is 11.0 Å². The second-order valence-corrected chi connectivity index (χ2v) is 5.41. The van der Waals surface area contributed by atoms with Gasteiger partial charge in [0.1, 0.15) is 17.6 Å². The topological polar surface area (TPSA) is 91.8 Å². The Kier molecular flexibility index (Phi) is 4.26. The number of alkyl halides is 3. The van der Waals surface area contributed by atoms with Crippen LogP contribution in [0.25, 0.3) is 0 Å². The maximum atomic E-state index is 12.7. The van der Waals surface area contributed by atoms with Gasteiger partial charge in [0, 0.05) is 6.54 Å². The van der Waals surface area contributed by atoms with E-state index in [-0.39, 0.29) is 17.9 Å². The van der Waals surface area contributed by atoms with E-state index in [1.807, 2.05) is 0 Å². The first kappa shape index (κ1) is 16.1. The van der Waals surface area contributed by atoms with E-state index in [1.54, 1.807) is 6.07 Å². The number of amides is 1. The Morgan fingerprint density at radius 2 is 2.05 bits per heavy atom. The zero-order valence-electron chi connectivity index (χ0n) is 11.7. The largest absolute Gasteiger partial charge is 0.433 e. The summed E-state index contributed by atoms with van der Waals surface area (Å²) in [6, 6.07) is 3.60. The summed E-state index contributed by atoms with van der Waals surface area (Å²) < 4.78 is 38.1. The van der Waals surface area contributed by atoms with Crippen LogP contribution in [0.4, 0.5) is 19.0 Å². The van der Waals surface area contributed by atoms with Gasteiger partial charge in [-0.05, 0) is 25.0 Å². The van der Waals surface area contributed by atoms with Crippen molar-refractivity contribution in [2.45, 2.75) is 31.9 Å². The average molecular weight is 312 g/mol. The molecule has 1 amide bonds. The van der Waals surface area contributed by atoms with Crippen molar-refractivity contribution < 1.29 is 18.0 Å². The molecule has 1 saturated carbocycles. The van der Waals surface area contributed by atoms with Crippen molar-refractivity contribution in [1.29, 1.82) is 5.26 Å². The standard InChI is InChI=1S/C14H15F3N4O/c15-14(16,17)10-4-3-9(7-18)11(21-10)20-8-13(12(19)22)5-1-2-6-13/h3-4H,1-2,5-6,8H2,(H2,19,22)(H,20,21). The van der Waals surface area contributed by atoms with Gasteiger partial charge in [0.2, 0.25) is 5.91 Å². The highest BCUT2D eigenvalue weighted by molar-refractivity contribution is 5.82. The SMILES string of the molecule is N#Cc1ccc(C(F)(F)F)nc1NCC1(C(N)=O)CCCC1. The van der Waals surface area contributed by atoms with Crippen LogP contribution in [-0.2, 0) is 11.0 Å². The first-order chi connectivity index (χ1) is 10.3. The van der Waals surface area contributed by atoms with Crippen LogP contribution in [-0.4, -0.2) is 17.4 Å². The van der Waals surface area contributed by atoms with E-state index in [0.29, 0.717) is 12.8 Å². The van der Waals surface area contributed by atoms with Gasteiger partial charge in [-0.1, -0.05) is 12.8 Å².